The molecule has 21 heavy (non-hydrogen) atoms. The first-order valence-corrected chi connectivity index (χ1v) is 7.48. The third-order valence-electron chi connectivity index (χ3n) is 3.35. The van der Waals surface area contributed by atoms with Gasteiger partial charge in [0.2, 0.25) is 0 Å². The largest absolute Gasteiger partial charge is 0.0796 e. The highest BCUT2D eigenvalue weighted by Gasteiger charge is 2.14. The van der Waals surface area contributed by atoms with E-state index in [0.29, 0.717) is 0 Å². The molecule has 0 unspecified atom stereocenters. The van der Waals surface area contributed by atoms with Gasteiger partial charge in [-0.2, -0.15) is 0 Å². The fourth-order valence-electron chi connectivity index (χ4n) is 2.73. The number of rotatable bonds is 4. The van der Waals surface area contributed by atoms with E-state index in [1.807, 2.05) is 0 Å². The van der Waals surface area contributed by atoms with Crippen molar-refractivity contribution in [2.45, 2.75) is 27.7 Å². The molecule has 2 aromatic carbocycles. The summed E-state index contributed by atoms with van der Waals surface area (Å²) in [6.07, 6.45) is 4.68. The lowest BCUT2D eigenvalue weighted by Gasteiger charge is -2.20. The number of allylic oxidation sites excluding steroid dienone is 3. The monoisotopic (exact) mass is 276 g/mol. The Morgan fingerprint density at radius 3 is 1.52 bits per heavy atom. The van der Waals surface area contributed by atoms with Crippen molar-refractivity contribution in [3.8, 4) is 0 Å². The van der Waals surface area contributed by atoms with Gasteiger partial charge in [0, 0.05) is 5.41 Å². The zero-order chi connectivity index (χ0) is 15.3. The molecule has 2 aromatic rings. The van der Waals surface area contributed by atoms with Gasteiger partial charge in [-0.3, -0.25) is 0 Å². The van der Waals surface area contributed by atoms with Crippen molar-refractivity contribution in [2.75, 3.05) is 0 Å². The van der Waals surface area contributed by atoms with Crippen LogP contribution in [0, 0.1) is 5.41 Å². The Bertz CT molecular complexity index is 583. The van der Waals surface area contributed by atoms with Crippen LogP contribution in [-0.4, -0.2) is 0 Å². The molecule has 0 nitrogen and oxygen atoms in total. The van der Waals surface area contributed by atoms with E-state index < -0.39 is 0 Å². The Labute approximate surface area is 128 Å². The summed E-state index contributed by atoms with van der Waals surface area (Å²) in [5.41, 5.74) is 5.19. The molecule has 0 aliphatic rings. The highest BCUT2D eigenvalue weighted by molar-refractivity contribution is 5.80. The van der Waals surface area contributed by atoms with Crippen LogP contribution in [-0.2, 0) is 0 Å². The van der Waals surface area contributed by atoms with E-state index in [4.69, 9.17) is 0 Å². The Morgan fingerprint density at radius 1 is 0.714 bits per heavy atom. The number of benzene rings is 2. The van der Waals surface area contributed by atoms with Gasteiger partial charge >= 0.3 is 0 Å². The fraction of sp³-hybridized carbons (Fsp3) is 0.238. The Morgan fingerprint density at radius 2 is 1.14 bits per heavy atom. The molecular formula is C21H24. The van der Waals surface area contributed by atoms with Gasteiger partial charge in [-0.05, 0) is 30.5 Å². The Hall–Kier alpha value is -2.08. The molecule has 0 aliphatic heterocycles. The van der Waals surface area contributed by atoms with E-state index in [9.17, 15) is 0 Å². The lowest BCUT2D eigenvalue weighted by molar-refractivity contribution is 0.622. The maximum Gasteiger partial charge on any atom is 0.00163 e. The molecule has 2 rings (SSSR count). The molecule has 0 heteroatoms. The summed E-state index contributed by atoms with van der Waals surface area (Å²) in [5.74, 6) is 0. The molecule has 0 spiro atoms. The summed E-state index contributed by atoms with van der Waals surface area (Å²) >= 11 is 0. The smallest absolute Gasteiger partial charge is 0.00163 e. The molecule has 0 aromatic heterocycles. The summed E-state index contributed by atoms with van der Waals surface area (Å²) < 4.78 is 0. The van der Waals surface area contributed by atoms with Gasteiger partial charge in [0.05, 0.1) is 0 Å². The molecule has 0 bridgehead atoms. The van der Waals surface area contributed by atoms with Gasteiger partial charge in [-0.1, -0.05) is 92.2 Å². The predicted molar refractivity (Wildman–Crippen MR) is 93.2 cm³/mol. The molecule has 0 aliphatic carbocycles. The van der Waals surface area contributed by atoms with E-state index in [-0.39, 0.29) is 5.41 Å². The maximum absolute atomic E-state index is 2.37. The highest BCUT2D eigenvalue weighted by atomic mass is 14.2. The van der Waals surface area contributed by atoms with Crippen molar-refractivity contribution < 1.29 is 0 Å². The van der Waals surface area contributed by atoms with E-state index in [2.05, 4.69) is 101 Å². The van der Waals surface area contributed by atoms with Gasteiger partial charge < -0.3 is 0 Å². The standard InChI is InChI=1S/C21H24/c1-17(2)15-21(3,4)16-20(18-11-7-5-8-12-18)19-13-9-6-10-14-19/h5-16H,1-4H3. The van der Waals surface area contributed by atoms with Crippen molar-refractivity contribution in [1.29, 1.82) is 0 Å². The van der Waals surface area contributed by atoms with Crippen LogP contribution < -0.4 is 0 Å². The molecule has 0 saturated carbocycles. The second-order valence-electron chi connectivity index (χ2n) is 6.33. The first-order valence-electron chi connectivity index (χ1n) is 7.48. The van der Waals surface area contributed by atoms with Gasteiger partial charge in [-0.25, -0.2) is 0 Å². The zero-order valence-corrected chi connectivity index (χ0v) is 13.4. The molecular weight excluding hydrogens is 252 g/mol. The van der Waals surface area contributed by atoms with E-state index in [0.717, 1.165) is 0 Å². The Balaban J connectivity index is 2.55. The summed E-state index contributed by atoms with van der Waals surface area (Å²) in [6.45, 7) is 8.82. The third kappa shape index (κ3) is 4.46. The number of hydrogen-bond acceptors (Lipinski definition) is 0. The summed E-state index contributed by atoms with van der Waals surface area (Å²) in [6, 6.07) is 21.2. The van der Waals surface area contributed by atoms with Gasteiger partial charge in [-0.15, -0.1) is 0 Å². The van der Waals surface area contributed by atoms with Crippen molar-refractivity contribution in [3.05, 3.63) is 89.5 Å². The average molecular weight is 276 g/mol. The SMILES string of the molecule is CC(C)=CC(C)(C)C=C(c1ccccc1)c1ccccc1. The van der Waals surface area contributed by atoms with E-state index in [1.54, 1.807) is 0 Å². The minimum atomic E-state index is 0.0276. The van der Waals surface area contributed by atoms with Crippen LogP contribution in [0.4, 0.5) is 0 Å². The van der Waals surface area contributed by atoms with Crippen LogP contribution in [0.1, 0.15) is 38.8 Å². The first-order chi connectivity index (χ1) is 9.98. The second-order valence-corrected chi connectivity index (χ2v) is 6.33. The van der Waals surface area contributed by atoms with Crippen LogP contribution in [0.2, 0.25) is 0 Å². The molecule has 0 atom stereocenters. The minimum absolute atomic E-state index is 0.0276. The molecule has 0 amide bonds. The Kier molecular flexibility index (Phi) is 4.80. The molecule has 0 radical (unpaired) electrons. The van der Waals surface area contributed by atoms with Crippen molar-refractivity contribution >= 4 is 5.57 Å². The number of hydrogen-bond donors (Lipinski definition) is 0. The third-order valence-corrected chi connectivity index (χ3v) is 3.35. The molecule has 0 heterocycles. The summed E-state index contributed by atoms with van der Waals surface area (Å²) in [4.78, 5) is 0. The van der Waals surface area contributed by atoms with Crippen LogP contribution in [0.3, 0.4) is 0 Å². The van der Waals surface area contributed by atoms with Crippen LogP contribution in [0.15, 0.2) is 78.4 Å². The molecule has 0 saturated heterocycles. The average Bonchev–Trinajstić information content (AvgIpc) is 2.45. The topological polar surface area (TPSA) is 0 Å². The van der Waals surface area contributed by atoms with E-state index in [1.165, 1.54) is 22.3 Å². The van der Waals surface area contributed by atoms with Crippen molar-refractivity contribution in [3.63, 3.8) is 0 Å². The van der Waals surface area contributed by atoms with Gasteiger partial charge in [0.25, 0.3) is 0 Å². The lowest BCUT2D eigenvalue weighted by atomic mass is 9.85. The second kappa shape index (κ2) is 6.58. The summed E-state index contributed by atoms with van der Waals surface area (Å²) in [7, 11) is 0. The summed E-state index contributed by atoms with van der Waals surface area (Å²) in [5, 5.41) is 0. The quantitative estimate of drug-likeness (QED) is 0.591. The highest BCUT2D eigenvalue weighted by Crippen LogP contribution is 2.31. The van der Waals surface area contributed by atoms with Crippen LogP contribution in [0.25, 0.3) is 5.57 Å². The van der Waals surface area contributed by atoms with Gasteiger partial charge in [0.15, 0.2) is 0 Å². The molecule has 108 valence electrons. The predicted octanol–water partition coefficient (Wildman–Crippen LogP) is 6.11. The zero-order valence-electron chi connectivity index (χ0n) is 13.4. The normalized spacial score (nSPS) is 10.9. The minimum Gasteiger partial charge on any atom is -0.0796 e. The molecule has 0 N–H and O–H groups in total. The first kappa shape index (κ1) is 15.3. The van der Waals surface area contributed by atoms with Crippen LogP contribution in [0.5, 0.6) is 0 Å². The molecule has 0 fully saturated rings. The fourth-order valence-corrected chi connectivity index (χ4v) is 2.73. The van der Waals surface area contributed by atoms with Crippen LogP contribution >= 0.6 is 0 Å². The maximum atomic E-state index is 2.37. The van der Waals surface area contributed by atoms with Crippen molar-refractivity contribution in [2.24, 2.45) is 5.41 Å². The van der Waals surface area contributed by atoms with Crippen molar-refractivity contribution in [1.82, 2.24) is 0 Å². The van der Waals surface area contributed by atoms with Gasteiger partial charge in [0.1, 0.15) is 0 Å². The van der Waals surface area contributed by atoms with E-state index >= 15 is 0 Å². The lowest BCUT2D eigenvalue weighted by Crippen LogP contribution is -2.05.